The summed E-state index contributed by atoms with van der Waals surface area (Å²) in [5.74, 6) is 12.4. The number of nitriles is 9. The Kier molecular flexibility index (Phi) is 15.1. The molecule has 0 aromatic heterocycles. The van der Waals surface area contributed by atoms with Crippen LogP contribution in [-0.4, -0.2) is 45.5 Å². The van der Waals surface area contributed by atoms with Crippen molar-refractivity contribution in [2.45, 2.75) is 13.1 Å². The fourth-order valence-corrected chi connectivity index (χ4v) is 1.11. The summed E-state index contributed by atoms with van der Waals surface area (Å²) in [6, 6.07) is 0. The summed E-state index contributed by atoms with van der Waals surface area (Å²) in [5, 5.41) is 74.1. The van der Waals surface area contributed by atoms with Gasteiger partial charge in [0.1, 0.15) is 6.61 Å². The highest BCUT2D eigenvalue weighted by atomic mass is 19.4. The van der Waals surface area contributed by atoms with Crippen molar-refractivity contribution < 1.29 is 27.1 Å². The highest BCUT2D eigenvalue weighted by Crippen LogP contribution is 2.16. The zero-order chi connectivity index (χ0) is 25.9. The zero-order valence-corrected chi connectivity index (χ0v) is 16.5. The number of nitrogens with zero attached hydrogens (tertiary/aromatic N) is 9. The standard InChI is InChI=1S/C5H2BF3N3O.C5H5BN3O.C4H3BN3O/c7-5(8,9)1-13-6(2-10,3-11)4-12;1-2-10-6(3-7,4-8)5-9;1-9-5(2-6,3-7)4-8/h1H2;2H2,1H3;1H3/q3*-1. The summed E-state index contributed by atoms with van der Waals surface area (Å²) >= 11 is 0. The predicted molar refractivity (Wildman–Crippen MR) is 98.4 cm³/mol. The molecule has 0 rings (SSSR count). The van der Waals surface area contributed by atoms with Crippen molar-refractivity contribution in [1.29, 1.82) is 47.4 Å². The molecule has 0 aliphatic carbocycles. The van der Waals surface area contributed by atoms with E-state index in [1.165, 1.54) is 35.8 Å². The van der Waals surface area contributed by atoms with E-state index in [1.807, 2.05) is 0 Å². The number of hydrogen-bond acceptors (Lipinski definition) is 12. The molecule has 0 radical (unpaired) electrons. The molecule has 18 heteroatoms. The maximum Gasteiger partial charge on any atom is 0.408 e. The first kappa shape index (κ1) is 32.0. The van der Waals surface area contributed by atoms with Crippen LogP contribution in [0.3, 0.4) is 0 Å². The van der Waals surface area contributed by atoms with Gasteiger partial charge in [0, 0.05) is 0 Å². The van der Waals surface area contributed by atoms with E-state index in [2.05, 4.69) is 14.0 Å². The topological polar surface area (TPSA) is 242 Å². The predicted octanol–water partition coefficient (Wildman–Crippen LogP) is 0.623. The average molecular weight is 442 g/mol. The van der Waals surface area contributed by atoms with Gasteiger partial charge in [0.15, 0.2) is 0 Å². The Morgan fingerprint density at radius 2 is 0.875 bits per heavy atom. The monoisotopic (exact) mass is 442 g/mol. The third-order valence-corrected chi connectivity index (χ3v) is 2.90. The van der Waals surface area contributed by atoms with Crippen LogP contribution in [0.5, 0.6) is 0 Å². The first-order valence-corrected chi connectivity index (χ1v) is 7.93. The van der Waals surface area contributed by atoms with E-state index < -0.39 is 31.8 Å². The van der Waals surface area contributed by atoms with Crippen LogP contribution in [0, 0.1) is 101 Å². The summed E-state index contributed by atoms with van der Waals surface area (Å²) in [7, 11) is 1.16. The third-order valence-electron chi connectivity index (χ3n) is 2.90. The van der Waals surface area contributed by atoms with Gasteiger partial charge < -0.3 is 14.0 Å². The summed E-state index contributed by atoms with van der Waals surface area (Å²) < 4.78 is 47.6. The molecule has 0 unspecified atom stereocenters. The Balaban J connectivity index is -0.000000403. The van der Waals surface area contributed by atoms with Gasteiger partial charge in [0.25, 0.3) is 0 Å². The Hall–Kier alpha value is -4.73. The second-order valence-electron chi connectivity index (χ2n) is 5.14. The molecule has 162 valence electrons. The lowest BCUT2D eigenvalue weighted by molar-refractivity contribution is -0.154. The van der Waals surface area contributed by atoms with Gasteiger partial charge in [0.05, 0.1) is 0 Å². The molecule has 0 aliphatic rings. The average Bonchev–Trinajstić information content (AvgIpc) is 2.81. The van der Waals surface area contributed by atoms with E-state index >= 15 is 0 Å². The molecule has 0 aromatic carbocycles. The van der Waals surface area contributed by atoms with Crippen LogP contribution >= 0.6 is 0 Å². The van der Waals surface area contributed by atoms with Crippen molar-refractivity contribution >= 4 is 19.0 Å². The molecule has 0 N–H and O–H groups in total. The molecular weight excluding hydrogens is 432 g/mol. The summed E-state index contributed by atoms with van der Waals surface area (Å²) in [5.41, 5.74) is 0. The molecule has 12 nitrogen and oxygen atoms in total. The Morgan fingerprint density at radius 3 is 1.00 bits per heavy atom. The van der Waals surface area contributed by atoms with Gasteiger partial charge in [-0.05, 0) is 20.6 Å². The molecule has 0 saturated carbocycles. The first-order valence-electron chi connectivity index (χ1n) is 7.93. The molecule has 0 aliphatic heterocycles. The highest BCUT2D eigenvalue weighted by Gasteiger charge is 2.33. The van der Waals surface area contributed by atoms with Crippen molar-refractivity contribution in [3.05, 3.63) is 0 Å². The minimum absolute atomic E-state index is 0.203. The minimum Gasteiger partial charge on any atom is -0.559 e. The molecule has 0 atom stereocenters. The van der Waals surface area contributed by atoms with E-state index in [0.717, 1.165) is 25.0 Å². The fourth-order valence-electron chi connectivity index (χ4n) is 1.11. The number of hydrogen-bond donors (Lipinski definition) is 0. The van der Waals surface area contributed by atoms with Crippen LogP contribution in [0.1, 0.15) is 6.92 Å². The summed E-state index contributed by atoms with van der Waals surface area (Å²) in [6.45, 7) is 0.0544. The highest BCUT2D eigenvalue weighted by molar-refractivity contribution is 6.95. The lowest BCUT2D eigenvalue weighted by atomic mass is 9.45. The van der Waals surface area contributed by atoms with E-state index in [9.17, 15) is 13.2 Å². The van der Waals surface area contributed by atoms with Gasteiger partial charge in [0.2, 0.25) is 0 Å². The molecular formula is C14H10B3F3N9O3-3. The smallest absolute Gasteiger partial charge is 0.408 e. The first-order chi connectivity index (χ1) is 14.9. The summed E-state index contributed by atoms with van der Waals surface area (Å²) in [6.07, 6.45) is -13.0. The Morgan fingerprint density at radius 1 is 0.594 bits per heavy atom. The van der Waals surface area contributed by atoms with Gasteiger partial charge in [-0.15, -0.1) is 0 Å². The molecule has 32 heavy (non-hydrogen) atoms. The quantitative estimate of drug-likeness (QED) is 0.532. The zero-order valence-electron chi connectivity index (χ0n) is 16.5. The Bertz CT molecular complexity index is 913. The van der Waals surface area contributed by atoms with Crippen molar-refractivity contribution in [2.75, 3.05) is 20.3 Å². The lowest BCUT2D eigenvalue weighted by Gasteiger charge is -2.20. The van der Waals surface area contributed by atoms with E-state index in [4.69, 9.17) is 47.4 Å². The van der Waals surface area contributed by atoms with E-state index in [-0.39, 0.29) is 6.61 Å². The molecule has 0 fully saturated rings. The van der Waals surface area contributed by atoms with E-state index in [0.29, 0.717) is 0 Å². The molecule has 0 aromatic rings. The van der Waals surface area contributed by atoms with Crippen LogP contribution < -0.4 is 0 Å². The van der Waals surface area contributed by atoms with Crippen molar-refractivity contribution in [1.82, 2.24) is 0 Å². The number of alkyl halides is 3. The van der Waals surface area contributed by atoms with Gasteiger partial charge in [-0.25, -0.2) is 47.4 Å². The van der Waals surface area contributed by atoms with Gasteiger partial charge in [-0.3, -0.25) is 0 Å². The van der Waals surface area contributed by atoms with E-state index in [1.54, 1.807) is 6.92 Å². The normalized spacial score (nSPS) is 9.75. The van der Waals surface area contributed by atoms with Gasteiger partial charge in [-0.1, -0.05) is 53.7 Å². The minimum atomic E-state index is -4.66. The van der Waals surface area contributed by atoms with Crippen LogP contribution in [0.2, 0.25) is 0 Å². The number of halogens is 3. The maximum absolute atomic E-state index is 11.6. The summed E-state index contributed by atoms with van der Waals surface area (Å²) in [4.78, 5) is 0. The Labute approximate surface area is 181 Å². The van der Waals surface area contributed by atoms with Gasteiger partial charge in [-0.2, -0.15) is 13.2 Å². The van der Waals surface area contributed by atoms with Crippen LogP contribution in [0.4, 0.5) is 13.2 Å². The fraction of sp³-hybridized carbons (Fsp3) is 0.357. The van der Waals surface area contributed by atoms with Gasteiger partial charge >= 0.3 is 25.2 Å². The molecule has 0 saturated heterocycles. The molecule has 0 amide bonds. The maximum atomic E-state index is 11.6. The molecule has 0 heterocycles. The van der Waals surface area contributed by atoms with Crippen LogP contribution in [0.25, 0.3) is 0 Å². The molecule has 0 spiro atoms. The second-order valence-corrected chi connectivity index (χ2v) is 5.14. The third kappa shape index (κ3) is 11.3. The van der Waals surface area contributed by atoms with Crippen molar-refractivity contribution in [3.63, 3.8) is 0 Å². The SMILES string of the molecule is CCO[B-](C#N)(C#N)C#N.CO[B-](C#N)(C#N)C#N.N#C[B-](C#N)(C#N)OCC(F)(F)F. The largest absolute Gasteiger partial charge is 0.559 e. The number of rotatable bonds is 5. The lowest BCUT2D eigenvalue weighted by Crippen LogP contribution is -2.38. The second kappa shape index (κ2) is 15.2. The van der Waals surface area contributed by atoms with Crippen LogP contribution in [0.15, 0.2) is 0 Å². The van der Waals surface area contributed by atoms with Crippen molar-refractivity contribution in [3.8, 4) is 53.7 Å². The van der Waals surface area contributed by atoms with Crippen LogP contribution in [-0.2, 0) is 14.0 Å². The molecule has 0 bridgehead atoms. The van der Waals surface area contributed by atoms with Crippen molar-refractivity contribution in [2.24, 2.45) is 0 Å².